The molecule has 0 aromatic heterocycles. The minimum atomic E-state index is 0.535. The summed E-state index contributed by atoms with van der Waals surface area (Å²) in [6, 6.07) is 5.49. The number of methoxy groups -OCH3 is 1. The standard InChI is InChI=1S/C17H28N2O/c1-11-7-8-15(14(4)17(11)20-6)18-16-9-13(3)19(5)10-12(16)2/h7-8,12-13,16,18H,9-10H2,1-6H3. The van der Waals surface area contributed by atoms with Crippen LogP contribution in [0.1, 0.15) is 31.4 Å². The molecule has 1 aliphatic rings. The molecule has 1 aliphatic heterocycles. The van der Waals surface area contributed by atoms with Gasteiger partial charge in [0, 0.05) is 29.9 Å². The van der Waals surface area contributed by atoms with Gasteiger partial charge in [-0.25, -0.2) is 0 Å². The third kappa shape index (κ3) is 2.93. The lowest BCUT2D eigenvalue weighted by molar-refractivity contribution is 0.145. The van der Waals surface area contributed by atoms with Gasteiger partial charge in [0.15, 0.2) is 0 Å². The van der Waals surface area contributed by atoms with E-state index in [0.29, 0.717) is 18.0 Å². The molecule has 1 fully saturated rings. The summed E-state index contributed by atoms with van der Waals surface area (Å²) in [6.45, 7) is 10.0. The molecule has 1 heterocycles. The SMILES string of the molecule is COc1c(C)ccc(NC2CC(C)N(C)CC2C)c1C. The van der Waals surface area contributed by atoms with E-state index in [4.69, 9.17) is 4.74 Å². The third-order valence-corrected chi connectivity index (χ3v) is 4.76. The van der Waals surface area contributed by atoms with Gasteiger partial charge in [-0.2, -0.15) is 0 Å². The van der Waals surface area contributed by atoms with Crippen LogP contribution in [0.25, 0.3) is 0 Å². The van der Waals surface area contributed by atoms with Crippen LogP contribution in [0, 0.1) is 19.8 Å². The predicted octanol–water partition coefficient (Wildman–Crippen LogP) is 3.45. The highest BCUT2D eigenvalue weighted by Gasteiger charge is 2.29. The largest absolute Gasteiger partial charge is 0.496 e. The average Bonchev–Trinajstić information content (AvgIpc) is 2.39. The Kier molecular flexibility index (Phi) is 4.59. The van der Waals surface area contributed by atoms with Crippen LogP contribution in [0.2, 0.25) is 0 Å². The molecule has 0 saturated carbocycles. The Morgan fingerprint density at radius 2 is 1.95 bits per heavy atom. The number of rotatable bonds is 3. The van der Waals surface area contributed by atoms with Crippen LogP contribution in [-0.4, -0.2) is 37.7 Å². The number of hydrogen-bond acceptors (Lipinski definition) is 3. The van der Waals surface area contributed by atoms with Crippen LogP contribution in [0.3, 0.4) is 0 Å². The number of likely N-dealkylation sites (tertiary alicyclic amines) is 1. The van der Waals surface area contributed by atoms with Crippen molar-refractivity contribution >= 4 is 5.69 Å². The number of nitrogens with zero attached hydrogens (tertiary/aromatic N) is 1. The molecule has 1 N–H and O–H groups in total. The number of nitrogens with one attached hydrogen (secondary N) is 1. The lowest BCUT2D eigenvalue weighted by Crippen LogP contribution is -2.48. The zero-order valence-corrected chi connectivity index (χ0v) is 13.7. The van der Waals surface area contributed by atoms with E-state index in [0.717, 1.165) is 12.3 Å². The fourth-order valence-electron chi connectivity index (χ4n) is 3.24. The molecule has 1 saturated heterocycles. The Hall–Kier alpha value is -1.22. The van der Waals surface area contributed by atoms with Gasteiger partial charge in [0.25, 0.3) is 0 Å². The summed E-state index contributed by atoms with van der Waals surface area (Å²) in [5, 5.41) is 3.75. The van der Waals surface area contributed by atoms with Crippen LogP contribution in [0.4, 0.5) is 5.69 Å². The van der Waals surface area contributed by atoms with Crippen molar-refractivity contribution in [2.75, 3.05) is 26.0 Å². The first-order valence-corrected chi connectivity index (χ1v) is 7.55. The number of piperidine rings is 1. The van der Waals surface area contributed by atoms with E-state index in [1.165, 1.54) is 23.2 Å². The first-order chi connectivity index (χ1) is 9.43. The molecule has 0 aliphatic carbocycles. The molecule has 20 heavy (non-hydrogen) atoms. The van der Waals surface area contributed by atoms with Crippen molar-refractivity contribution in [3.63, 3.8) is 0 Å². The highest BCUT2D eigenvalue weighted by atomic mass is 16.5. The molecule has 3 unspecified atom stereocenters. The topological polar surface area (TPSA) is 24.5 Å². The second-order valence-corrected chi connectivity index (χ2v) is 6.34. The van der Waals surface area contributed by atoms with Gasteiger partial charge in [-0.1, -0.05) is 13.0 Å². The second-order valence-electron chi connectivity index (χ2n) is 6.34. The lowest BCUT2D eigenvalue weighted by Gasteiger charge is -2.40. The number of aryl methyl sites for hydroxylation is 1. The zero-order chi connectivity index (χ0) is 14.9. The van der Waals surface area contributed by atoms with Crippen LogP contribution in [0.5, 0.6) is 5.75 Å². The smallest absolute Gasteiger partial charge is 0.126 e. The maximum atomic E-state index is 5.52. The molecule has 0 radical (unpaired) electrons. The molecular weight excluding hydrogens is 248 g/mol. The minimum absolute atomic E-state index is 0.535. The van der Waals surface area contributed by atoms with E-state index >= 15 is 0 Å². The Labute approximate surface area is 123 Å². The second kappa shape index (κ2) is 6.04. The van der Waals surface area contributed by atoms with Gasteiger partial charge in [0.05, 0.1) is 7.11 Å². The fourth-order valence-corrected chi connectivity index (χ4v) is 3.24. The molecule has 1 aromatic carbocycles. The van der Waals surface area contributed by atoms with Gasteiger partial charge in [0.1, 0.15) is 5.75 Å². The summed E-state index contributed by atoms with van der Waals surface area (Å²) in [5.74, 6) is 1.66. The van der Waals surface area contributed by atoms with Crippen LogP contribution in [0.15, 0.2) is 12.1 Å². The van der Waals surface area contributed by atoms with Crippen molar-refractivity contribution in [2.24, 2.45) is 5.92 Å². The normalized spacial score (nSPS) is 27.4. The van der Waals surface area contributed by atoms with Crippen LogP contribution < -0.4 is 10.1 Å². The van der Waals surface area contributed by atoms with E-state index < -0.39 is 0 Å². The zero-order valence-electron chi connectivity index (χ0n) is 13.7. The molecule has 0 spiro atoms. The van der Waals surface area contributed by atoms with Crippen molar-refractivity contribution in [2.45, 2.75) is 46.2 Å². The molecule has 0 amide bonds. The van der Waals surface area contributed by atoms with Gasteiger partial charge in [-0.05, 0) is 51.8 Å². The lowest BCUT2D eigenvalue weighted by atomic mass is 9.89. The number of benzene rings is 1. The summed E-state index contributed by atoms with van der Waals surface area (Å²) >= 11 is 0. The Morgan fingerprint density at radius 1 is 1.25 bits per heavy atom. The average molecular weight is 276 g/mol. The summed E-state index contributed by atoms with van der Waals surface area (Å²) in [5.41, 5.74) is 3.62. The molecule has 112 valence electrons. The van der Waals surface area contributed by atoms with Gasteiger partial charge in [0.2, 0.25) is 0 Å². The predicted molar refractivity (Wildman–Crippen MR) is 85.8 cm³/mol. The number of anilines is 1. The summed E-state index contributed by atoms with van der Waals surface area (Å²) < 4.78 is 5.52. The van der Waals surface area contributed by atoms with Crippen molar-refractivity contribution in [1.82, 2.24) is 4.90 Å². The first-order valence-electron chi connectivity index (χ1n) is 7.55. The van der Waals surface area contributed by atoms with Crippen LogP contribution in [-0.2, 0) is 0 Å². The summed E-state index contributed by atoms with van der Waals surface area (Å²) in [7, 11) is 3.97. The molecule has 0 bridgehead atoms. The Bertz CT molecular complexity index is 472. The Morgan fingerprint density at radius 3 is 2.60 bits per heavy atom. The van der Waals surface area contributed by atoms with Crippen molar-refractivity contribution < 1.29 is 4.74 Å². The monoisotopic (exact) mass is 276 g/mol. The molecule has 2 rings (SSSR count). The molecule has 3 heteroatoms. The third-order valence-electron chi connectivity index (χ3n) is 4.76. The number of ether oxygens (including phenoxy) is 1. The maximum absolute atomic E-state index is 5.52. The van der Waals surface area contributed by atoms with Crippen molar-refractivity contribution in [3.05, 3.63) is 23.3 Å². The van der Waals surface area contributed by atoms with E-state index in [1.807, 2.05) is 0 Å². The summed E-state index contributed by atoms with van der Waals surface area (Å²) in [6.07, 6.45) is 1.19. The van der Waals surface area contributed by atoms with Gasteiger partial charge < -0.3 is 15.0 Å². The minimum Gasteiger partial charge on any atom is -0.496 e. The Balaban J connectivity index is 2.18. The van der Waals surface area contributed by atoms with Gasteiger partial charge in [-0.3, -0.25) is 0 Å². The van der Waals surface area contributed by atoms with Crippen molar-refractivity contribution in [3.8, 4) is 5.75 Å². The van der Waals surface area contributed by atoms with Crippen LogP contribution >= 0.6 is 0 Å². The molecule has 3 nitrogen and oxygen atoms in total. The molecular formula is C17H28N2O. The molecule has 1 aromatic rings. The number of hydrogen-bond donors (Lipinski definition) is 1. The fraction of sp³-hybridized carbons (Fsp3) is 0.647. The highest BCUT2D eigenvalue weighted by Crippen LogP contribution is 2.32. The summed E-state index contributed by atoms with van der Waals surface area (Å²) in [4.78, 5) is 2.45. The van der Waals surface area contributed by atoms with E-state index in [1.54, 1.807) is 7.11 Å². The quantitative estimate of drug-likeness (QED) is 0.915. The maximum Gasteiger partial charge on any atom is 0.126 e. The highest BCUT2D eigenvalue weighted by molar-refractivity contribution is 5.60. The van der Waals surface area contributed by atoms with Crippen molar-refractivity contribution in [1.29, 1.82) is 0 Å². The first kappa shape index (κ1) is 15.2. The van der Waals surface area contributed by atoms with E-state index in [-0.39, 0.29) is 0 Å². The van der Waals surface area contributed by atoms with E-state index in [9.17, 15) is 0 Å². The molecule has 3 atom stereocenters. The van der Waals surface area contributed by atoms with Gasteiger partial charge in [-0.15, -0.1) is 0 Å². The van der Waals surface area contributed by atoms with E-state index in [2.05, 4.69) is 57.1 Å². The van der Waals surface area contributed by atoms with Gasteiger partial charge >= 0.3 is 0 Å².